The van der Waals surface area contributed by atoms with Gasteiger partial charge < -0.3 is 20.3 Å². The number of nitrogens with zero attached hydrogens (tertiary/aromatic N) is 2. The molecule has 1 aliphatic heterocycles. The molecule has 3 rings (SSSR count). The monoisotopic (exact) mass is 516 g/mol. The van der Waals surface area contributed by atoms with Crippen molar-refractivity contribution in [2.75, 3.05) is 38.7 Å². The summed E-state index contributed by atoms with van der Waals surface area (Å²) in [6.07, 6.45) is 0.748. The van der Waals surface area contributed by atoms with E-state index in [-0.39, 0.29) is 36.1 Å². The van der Waals surface area contributed by atoms with Crippen LogP contribution < -0.4 is 15.5 Å². The molecule has 0 amide bonds. The van der Waals surface area contributed by atoms with Gasteiger partial charge in [-0.3, -0.25) is 4.99 Å². The van der Waals surface area contributed by atoms with Crippen molar-refractivity contribution in [3.63, 3.8) is 0 Å². The van der Waals surface area contributed by atoms with Crippen LogP contribution in [0.25, 0.3) is 0 Å². The van der Waals surface area contributed by atoms with Gasteiger partial charge in [-0.2, -0.15) is 0 Å². The summed E-state index contributed by atoms with van der Waals surface area (Å²) in [5, 5.41) is 6.66. The zero-order valence-corrected chi connectivity index (χ0v) is 18.9. The Morgan fingerprint density at radius 3 is 2.66 bits per heavy atom. The molecule has 158 valence electrons. The van der Waals surface area contributed by atoms with Crippen molar-refractivity contribution in [3.05, 3.63) is 65.7 Å². The van der Waals surface area contributed by atoms with Crippen LogP contribution in [0.4, 0.5) is 14.5 Å². The third-order valence-electron chi connectivity index (χ3n) is 4.91. The molecule has 0 saturated carbocycles. The largest absolute Gasteiger partial charge is 0.375 e. The molecule has 5 nitrogen and oxygen atoms in total. The highest BCUT2D eigenvalue weighted by Crippen LogP contribution is 2.24. The molecular weight excluding hydrogens is 489 g/mol. The molecule has 1 heterocycles. The second-order valence-corrected chi connectivity index (χ2v) is 6.76. The Balaban J connectivity index is 0.00000300. The van der Waals surface area contributed by atoms with Crippen LogP contribution in [0.3, 0.4) is 0 Å². The van der Waals surface area contributed by atoms with E-state index >= 15 is 0 Å². The maximum absolute atomic E-state index is 14.0. The number of ether oxygens (including phenoxy) is 1. The lowest BCUT2D eigenvalue weighted by Crippen LogP contribution is -2.45. The summed E-state index contributed by atoms with van der Waals surface area (Å²) < 4.78 is 32.7. The van der Waals surface area contributed by atoms with Crippen LogP contribution in [0, 0.1) is 11.6 Å². The lowest BCUT2D eigenvalue weighted by atomic mass is 10.1. The number of halogens is 3. The van der Waals surface area contributed by atoms with Crippen LogP contribution in [0.2, 0.25) is 0 Å². The summed E-state index contributed by atoms with van der Waals surface area (Å²) in [6, 6.07) is 13.8. The van der Waals surface area contributed by atoms with Crippen molar-refractivity contribution in [2.24, 2.45) is 4.99 Å². The molecule has 1 saturated heterocycles. The first-order valence-electron chi connectivity index (χ1n) is 9.35. The number of aliphatic imine (C=N–C) groups is 1. The van der Waals surface area contributed by atoms with Crippen LogP contribution in [0.5, 0.6) is 0 Å². The molecule has 0 aromatic heterocycles. The van der Waals surface area contributed by atoms with Crippen LogP contribution in [-0.4, -0.2) is 45.8 Å². The summed E-state index contributed by atoms with van der Waals surface area (Å²) in [5.41, 5.74) is 1.52. The van der Waals surface area contributed by atoms with Crippen molar-refractivity contribution in [1.82, 2.24) is 10.6 Å². The van der Waals surface area contributed by atoms with Gasteiger partial charge in [0, 0.05) is 45.9 Å². The van der Waals surface area contributed by atoms with E-state index in [1.165, 1.54) is 12.1 Å². The van der Waals surface area contributed by atoms with Gasteiger partial charge in [-0.15, -0.1) is 24.0 Å². The summed E-state index contributed by atoms with van der Waals surface area (Å²) in [6.45, 7) is 1.89. The number of hydrogen-bond donors (Lipinski definition) is 2. The fourth-order valence-electron chi connectivity index (χ4n) is 3.42. The first kappa shape index (κ1) is 23.3. The Morgan fingerprint density at radius 2 is 2.00 bits per heavy atom. The predicted molar refractivity (Wildman–Crippen MR) is 123 cm³/mol. The standard InChI is InChI=1S/C21H26F2N4O.HI/c1-24-21(25-13-20(28-2)15-6-4-3-5-7-15)26-17-10-11-27(14-17)19-9-8-16(22)12-18(19)23;/h3-9,12,17,20H,10-11,13-14H2,1-2H3,(H2,24,25,26);1H. The van der Waals surface area contributed by atoms with Crippen molar-refractivity contribution in [3.8, 4) is 0 Å². The van der Waals surface area contributed by atoms with Gasteiger partial charge in [-0.1, -0.05) is 30.3 Å². The zero-order valence-electron chi connectivity index (χ0n) is 16.6. The van der Waals surface area contributed by atoms with E-state index in [0.717, 1.165) is 18.1 Å². The molecule has 2 aromatic carbocycles. The van der Waals surface area contributed by atoms with Gasteiger partial charge >= 0.3 is 0 Å². The summed E-state index contributed by atoms with van der Waals surface area (Å²) >= 11 is 0. The van der Waals surface area contributed by atoms with E-state index in [1.54, 1.807) is 14.2 Å². The third-order valence-corrected chi connectivity index (χ3v) is 4.91. The average Bonchev–Trinajstić information content (AvgIpc) is 3.16. The minimum atomic E-state index is -0.564. The quantitative estimate of drug-likeness (QED) is 0.349. The van der Waals surface area contributed by atoms with Gasteiger partial charge in [-0.25, -0.2) is 8.78 Å². The van der Waals surface area contributed by atoms with Crippen LogP contribution >= 0.6 is 24.0 Å². The second kappa shape index (κ2) is 11.3. The number of guanidine groups is 1. The van der Waals surface area contributed by atoms with Crippen LogP contribution in [-0.2, 0) is 4.74 Å². The average molecular weight is 516 g/mol. The molecule has 29 heavy (non-hydrogen) atoms. The lowest BCUT2D eigenvalue weighted by Gasteiger charge is -2.22. The molecule has 2 atom stereocenters. The molecular formula is C21H27F2IN4O. The molecule has 0 aliphatic carbocycles. The fourth-order valence-corrected chi connectivity index (χ4v) is 3.42. The first-order valence-corrected chi connectivity index (χ1v) is 9.35. The smallest absolute Gasteiger partial charge is 0.191 e. The Morgan fingerprint density at radius 1 is 1.24 bits per heavy atom. The van der Waals surface area contributed by atoms with E-state index in [9.17, 15) is 8.78 Å². The van der Waals surface area contributed by atoms with Gasteiger partial charge in [0.15, 0.2) is 5.96 Å². The van der Waals surface area contributed by atoms with Gasteiger partial charge in [-0.05, 0) is 24.1 Å². The van der Waals surface area contributed by atoms with Crippen molar-refractivity contribution in [1.29, 1.82) is 0 Å². The normalized spacial score (nSPS) is 17.6. The SMILES string of the molecule is CN=C(NCC(OC)c1ccccc1)NC1CCN(c2ccc(F)cc2F)C1.I. The molecule has 2 aromatic rings. The number of anilines is 1. The van der Waals surface area contributed by atoms with Crippen molar-refractivity contribution >= 4 is 35.6 Å². The van der Waals surface area contributed by atoms with E-state index < -0.39 is 11.6 Å². The number of benzene rings is 2. The van der Waals surface area contributed by atoms with Crippen LogP contribution in [0.1, 0.15) is 18.1 Å². The Hall–Kier alpha value is -1.94. The van der Waals surface area contributed by atoms with E-state index in [4.69, 9.17) is 4.74 Å². The summed E-state index contributed by atoms with van der Waals surface area (Å²) in [5.74, 6) is -0.427. The zero-order chi connectivity index (χ0) is 19.9. The fraction of sp³-hybridized carbons (Fsp3) is 0.381. The maximum atomic E-state index is 14.0. The second-order valence-electron chi connectivity index (χ2n) is 6.76. The summed E-state index contributed by atoms with van der Waals surface area (Å²) in [7, 11) is 3.40. The number of methoxy groups -OCH3 is 1. The molecule has 1 fully saturated rings. The number of nitrogens with one attached hydrogen (secondary N) is 2. The molecule has 2 unspecified atom stereocenters. The molecule has 0 spiro atoms. The van der Waals surface area contributed by atoms with Gasteiger partial charge in [0.1, 0.15) is 11.6 Å². The molecule has 1 aliphatic rings. The Kier molecular flexibility index (Phi) is 9.09. The van der Waals surface area contributed by atoms with Crippen molar-refractivity contribution in [2.45, 2.75) is 18.6 Å². The molecule has 0 radical (unpaired) electrons. The van der Waals surface area contributed by atoms with Crippen LogP contribution in [0.15, 0.2) is 53.5 Å². The van der Waals surface area contributed by atoms with Crippen molar-refractivity contribution < 1.29 is 13.5 Å². The minimum Gasteiger partial charge on any atom is -0.375 e. The summed E-state index contributed by atoms with van der Waals surface area (Å²) in [4.78, 5) is 6.19. The Bertz CT molecular complexity index is 807. The van der Waals surface area contributed by atoms with E-state index in [0.29, 0.717) is 31.3 Å². The highest BCUT2D eigenvalue weighted by atomic mass is 127. The number of rotatable bonds is 6. The van der Waals surface area contributed by atoms with E-state index in [2.05, 4.69) is 15.6 Å². The lowest BCUT2D eigenvalue weighted by molar-refractivity contribution is 0.106. The molecule has 8 heteroatoms. The van der Waals surface area contributed by atoms with E-state index in [1.807, 2.05) is 35.2 Å². The van der Waals surface area contributed by atoms with Gasteiger partial charge in [0.2, 0.25) is 0 Å². The molecule has 2 N–H and O–H groups in total. The Labute approximate surface area is 187 Å². The minimum absolute atomic E-state index is 0. The van der Waals surface area contributed by atoms with Gasteiger partial charge in [0.05, 0.1) is 11.8 Å². The highest BCUT2D eigenvalue weighted by molar-refractivity contribution is 14.0. The maximum Gasteiger partial charge on any atom is 0.191 e. The predicted octanol–water partition coefficient (Wildman–Crippen LogP) is 3.71. The topological polar surface area (TPSA) is 48.9 Å². The highest BCUT2D eigenvalue weighted by Gasteiger charge is 2.25. The third kappa shape index (κ3) is 6.27. The molecule has 0 bridgehead atoms. The van der Waals surface area contributed by atoms with Gasteiger partial charge in [0.25, 0.3) is 0 Å². The first-order chi connectivity index (χ1) is 13.6. The number of hydrogen-bond acceptors (Lipinski definition) is 3.